The van der Waals surface area contributed by atoms with E-state index in [1.807, 2.05) is 26.0 Å². The molecule has 1 aliphatic carbocycles. The van der Waals surface area contributed by atoms with Crippen LogP contribution in [0, 0.1) is 18.8 Å². The van der Waals surface area contributed by atoms with Gasteiger partial charge in [-0.05, 0) is 64.1 Å². The molecule has 1 aromatic heterocycles. The van der Waals surface area contributed by atoms with Gasteiger partial charge in [0.2, 0.25) is 5.91 Å². The number of rotatable bonds is 4. The van der Waals surface area contributed by atoms with Crippen molar-refractivity contribution in [1.29, 1.82) is 0 Å². The fraction of sp³-hybridized carbons (Fsp3) is 0.667. The van der Waals surface area contributed by atoms with Crippen LogP contribution in [0.5, 0.6) is 0 Å². The molecule has 1 heterocycles. The highest BCUT2D eigenvalue weighted by Crippen LogP contribution is 2.28. The lowest BCUT2D eigenvalue weighted by molar-refractivity contribution is -0.127. The topological polar surface area (TPSA) is 68.3 Å². The average Bonchev–Trinajstić information content (AvgIpc) is 2.85. The number of carbonyl (C=O) groups excluding carboxylic acids is 1. The third kappa shape index (κ3) is 3.60. The first kappa shape index (κ1) is 14.1. The Morgan fingerprint density at radius 3 is 2.63 bits per heavy atom. The molecule has 0 radical (unpaired) electrons. The van der Waals surface area contributed by atoms with E-state index in [4.69, 9.17) is 10.2 Å². The summed E-state index contributed by atoms with van der Waals surface area (Å²) in [5.41, 5.74) is 5.67. The van der Waals surface area contributed by atoms with Gasteiger partial charge in [-0.3, -0.25) is 4.79 Å². The fourth-order valence-electron chi connectivity index (χ4n) is 2.75. The van der Waals surface area contributed by atoms with E-state index in [1.165, 1.54) is 0 Å². The second-order valence-corrected chi connectivity index (χ2v) is 5.63. The average molecular weight is 264 g/mol. The predicted molar refractivity (Wildman–Crippen MR) is 74.5 cm³/mol. The molecule has 0 spiro atoms. The molecule has 0 bridgehead atoms. The zero-order valence-corrected chi connectivity index (χ0v) is 11.8. The molecule has 1 saturated carbocycles. The second-order valence-electron chi connectivity index (χ2n) is 5.63. The number of nitrogens with two attached hydrogens (primary N) is 1. The van der Waals surface area contributed by atoms with E-state index in [2.05, 4.69) is 5.32 Å². The summed E-state index contributed by atoms with van der Waals surface area (Å²) in [6.45, 7) is 4.62. The minimum Gasteiger partial charge on any atom is -0.464 e. The summed E-state index contributed by atoms with van der Waals surface area (Å²) in [4.78, 5) is 12.2. The molecule has 1 amide bonds. The van der Waals surface area contributed by atoms with Crippen molar-refractivity contribution in [2.45, 2.75) is 45.6 Å². The van der Waals surface area contributed by atoms with Crippen LogP contribution in [-0.4, -0.2) is 12.5 Å². The van der Waals surface area contributed by atoms with Gasteiger partial charge in [0, 0.05) is 5.92 Å². The normalized spacial score (nSPS) is 25.0. The lowest BCUT2D eigenvalue weighted by Crippen LogP contribution is -2.35. The summed E-state index contributed by atoms with van der Waals surface area (Å²) in [5.74, 6) is 2.59. The van der Waals surface area contributed by atoms with E-state index in [1.54, 1.807) is 0 Å². The van der Waals surface area contributed by atoms with Crippen molar-refractivity contribution in [3.8, 4) is 0 Å². The zero-order chi connectivity index (χ0) is 13.8. The van der Waals surface area contributed by atoms with Crippen LogP contribution in [0.2, 0.25) is 0 Å². The van der Waals surface area contributed by atoms with Crippen LogP contribution in [0.25, 0.3) is 0 Å². The van der Waals surface area contributed by atoms with Crippen molar-refractivity contribution in [1.82, 2.24) is 5.32 Å². The summed E-state index contributed by atoms with van der Waals surface area (Å²) in [6, 6.07) is 3.78. The first-order chi connectivity index (χ1) is 9.10. The Hall–Kier alpha value is -1.29. The van der Waals surface area contributed by atoms with Crippen molar-refractivity contribution in [3.05, 3.63) is 23.7 Å². The van der Waals surface area contributed by atoms with Gasteiger partial charge in [0.15, 0.2) is 0 Å². The summed E-state index contributed by atoms with van der Waals surface area (Å²) in [7, 11) is 0. The highest BCUT2D eigenvalue weighted by Gasteiger charge is 2.26. The molecule has 1 atom stereocenters. The Labute approximate surface area is 114 Å². The van der Waals surface area contributed by atoms with E-state index >= 15 is 0 Å². The van der Waals surface area contributed by atoms with Crippen molar-refractivity contribution in [2.75, 3.05) is 6.54 Å². The molecular weight excluding hydrogens is 240 g/mol. The van der Waals surface area contributed by atoms with Gasteiger partial charge >= 0.3 is 0 Å². The van der Waals surface area contributed by atoms with Gasteiger partial charge in [0.1, 0.15) is 11.5 Å². The van der Waals surface area contributed by atoms with Crippen molar-refractivity contribution in [2.24, 2.45) is 17.6 Å². The number of aryl methyl sites for hydroxylation is 1. The Bertz CT molecular complexity index is 420. The maximum absolute atomic E-state index is 12.2. The highest BCUT2D eigenvalue weighted by molar-refractivity contribution is 5.79. The van der Waals surface area contributed by atoms with Gasteiger partial charge in [0.05, 0.1) is 6.04 Å². The number of hydrogen-bond acceptors (Lipinski definition) is 3. The first-order valence-corrected chi connectivity index (χ1v) is 7.17. The molecule has 1 aliphatic rings. The van der Waals surface area contributed by atoms with Crippen LogP contribution in [0.1, 0.15) is 50.2 Å². The van der Waals surface area contributed by atoms with Crippen LogP contribution in [-0.2, 0) is 4.79 Å². The zero-order valence-electron chi connectivity index (χ0n) is 11.8. The highest BCUT2D eigenvalue weighted by atomic mass is 16.3. The Balaban J connectivity index is 1.84. The van der Waals surface area contributed by atoms with Gasteiger partial charge in [-0.1, -0.05) is 0 Å². The third-order valence-corrected chi connectivity index (χ3v) is 4.10. The van der Waals surface area contributed by atoms with Crippen molar-refractivity contribution in [3.63, 3.8) is 0 Å². The SMILES string of the molecule is Cc1ccc(C(C)NC(=O)C2CCC(CN)CC2)o1. The van der Waals surface area contributed by atoms with Crippen LogP contribution in [0.3, 0.4) is 0 Å². The van der Waals surface area contributed by atoms with Gasteiger partial charge < -0.3 is 15.5 Å². The Morgan fingerprint density at radius 2 is 2.11 bits per heavy atom. The molecular formula is C15H24N2O2. The van der Waals surface area contributed by atoms with E-state index in [0.29, 0.717) is 5.92 Å². The Kier molecular flexibility index (Phi) is 4.64. The first-order valence-electron chi connectivity index (χ1n) is 7.17. The van der Waals surface area contributed by atoms with Crippen LogP contribution >= 0.6 is 0 Å². The van der Waals surface area contributed by atoms with Crippen molar-refractivity contribution < 1.29 is 9.21 Å². The molecule has 106 valence electrons. The molecule has 1 fully saturated rings. The lowest BCUT2D eigenvalue weighted by Gasteiger charge is -2.27. The van der Waals surface area contributed by atoms with Gasteiger partial charge in [-0.15, -0.1) is 0 Å². The predicted octanol–water partition coefficient (Wildman–Crippen LogP) is 2.53. The minimum atomic E-state index is -0.0616. The molecule has 0 saturated heterocycles. The molecule has 0 aliphatic heterocycles. The smallest absolute Gasteiger partial charge is 0.223 e. The summed E-state index contributed by atoms with van der Waals surface area (Å²) in [5, 5.41) is 3.05. The molecule has 19 heavy (non-hydrogen) atoms. The van der Waals surface area contributed by atoms with Crippen molar-refractivity contribution >= 4 is 5.91 Å². The van der Waals surface area contributed by atoms with E-state index < -0.39 is 0 Å². The second kappa shape index (κ2) is 6.24. The molecule has 1 aromatic rings. The quantitative estimate of drug-likeness (QED) is 0.878. The van der Waals surface area contributed by atoms with Gasteiger partial charge in [0.25, 0.3) is 0 Å². The van der Waals surface area contributed by atoms with E-state index in [9.17, 15) is 4.79 Å². The molecule has 4 heteroatoms. The minimum absolute atomic E-state index is 0.0616. The molecule has 4 nitrogen and oxygen atoms in total. The molecule has 3 N–H and O–H groups in total. The lowest BCUT2D eigenvalue weighted by atomic mass is 9.81. The maximum Gasteiger partial charge on any atom is 0.223 e. The van der Waals surface area contributed by atoms with Gasteiger partial charge in [-0.2, -0.15) is 0 Å². The maximum atomic E-state index is 12.2. The molecule has 0 aromatic carbocycles. The number of furan rings is 1. The fourth-order valence-corrected chi connectivity index (χ4v) is 2.75. The third-order valence-electron chi connectivity index (χ3n) is 4.10. The van der Waals surface area contributed by atoms with Crippen LogP contribution in [0.15, 0.2) is 16.5 Å². The Morgan fingerprint density at radius 1 is 1.42 bits per heavy atom. The van der Waals surface area contributed by atoms with Gasteiger partial charge in [-0.25, -0.2) is 0 Å². The number of nitrogens with one attached hydrogen (secondary N) is 1. The molecule has 2 rings (SSSR count). The number of carbonyl (C=O) groups is 1. The monoisotopic (exact) mass is 264 g/mol. The van der Waals surface area contributed by atoms with E-state index in [-0.39, 0.29) is 17.9 Å². The standard InChI is InChI=1S/C15H24N2O2/c1-10-3-8-14(19-10)11(2)17-15(18)13-6-4-12(9-16)5-7-13/h3,8,11-13H,4-7,9,16H2,1-2H3,(H,17,18). The number of amides is 1. The number of hydrogen-bond donors (Lipinski definition) is 2. The summed E-state index contributed by atoms with van der Waals surface area (Å²) in [6.07, 6.45) is 4.06. The van der Waals surface area contributed by atoms with E-state index in [0.717, 1.165) is 43.7 Å². The largest absolute Gasteiger partial charge is 0.464 e. The summed E-state index contributed by atoms with van der Waals surface area (Å²) < 4.78 is 5.54. The summed E-state index contributed by atoms with van der Waals surface area (Å²) >= 11 is 0. The van der Waals surface area contributed by atoms with Crippen LogP contribution in [0.4, 0.5) is 0 Å². The molecule has 1 unspecified atom stereocenters. The van der Waals surface area contributed by atoms with Crippen LogP contribution < -0.4 is 11.1 Å².